The number of amides is 1. The van der Waals surface area contributed by atoms with Gasteiger partial charge in [0, 0.05) is 16.6 Å². The van der Waals surface area contributed by atoms with Gasteiger partial charge >= 0.3 is 5.97 Å². The summed E-state index contributed by atoms with van der Waals surface area (Å²) in [5.74, 6) is -0.285. The Morgan fingerprint density at radius 2 is 1.94 bits per heavy atom. The molecule has 0 aliphatic heterocycles. The van der Waals surface area contributed by atoms with Crippen molar-refractivity contribution in [3.63, 3.8) is 0 Å². The van der Waals surface area contributed by atoms with Gasteiger partial charge in [0.2, 0.25) is 0 Å². The number of hydrogen-bond donors (Lipinski definition) is 2. The second-order valence-corrected chi connectivity index (χ2v) is 7.82. The van der Waals surface area contributed by atoms with Crippen LogP contribution in [0.2, 0.25) is 0 Å². The number of fused-ring (bicyclic) bond motifs is 1. The van der Waals surface area contributed by atoms with E-state index in [1.165, 1.54) is 18.4 Å². The maximum atomic E-state index is 13.3. The van der Waals surface area contributed by atoms with Crippen LogP contribution in [0.3, 0.4) is 0 Å². The number of ether oxygens (including phenoxy) is 1. The van der Waals surface area contributed by atoms with E-state index in [1.54, 1.807) is 36.6 Å². The van der Waals surface area contributed by atoms with Gasteiger partial charge in [-0.2, -0.15) is 5.10 Å². The second kappa shape index (κ2) is 8.12. The average molecular weight is 444 g/mol. The van der Waals surface area contributed by atoms with E-state index in [2.05, 4.69) is 20.5 Å². The van der Waals surface area contributed by atoms with E-state index in [-0.39, 0.29) is 11.6 Å². The first-order chi connectivity index (χ1) is 15.6. The highest BCUT2D eigenvalue weighted by molar-refractivity contribution is 7.17. The minimum atomic E-state index is -0.559. The smallest absolute Gasteiger partial charge is 0.359 e. The molecular weight excluding hydrogens is 428 g/mol. The van der Waals surface area contributed by atoms with Crippen LogP contribution in [-0.4, -0.2) is 34.2 Å². The summed E-state index contributed by atoms with van der Waals surface area (Å²) >= 11 is 1.25. The van der Waals surface area contributed by atoms with Crippen molar-refractivity contribution < 1.29 is 18.7 Å². The minimum absolute atomic E-state index is 0.154. The number of nitrogens with zero attached hydrogens (tertiary/aromatic N) is 2. The van der Waals surface area contributed by atoms with E-state index in [0.29, 0.717) is 37.9 Å². The van der Waals surface area contributed by atoms with E-state index in [4.69, 9.17) is 9.15 Å². The van der Waals surface area contributed by atoms with Gasteiger partial charge in [0.25, 0.3) is 5.91 Å². The Bertz CT molecular complexity index is 1420. The molecule has 5 rings (SSSR count). The van der Waals surface area contributed by atoms with Crippen LogP contribution in [-0.2, 0) is 4.74 Å². The molecule has 3 aromatic heterocycles. The molecule has 0 aliphatic carbocycles. The van der Waals surface area contributed by atoms with Crippen molar-refractivity contribution in [2.75, 3.05) is 12.4 Å². The van der Waals surface area contributed by atoms with Gasteiger partial charge in [-0.3, -0.25) is 9.89 Å². The van der Waals surface area contributed by atoms with Gasteiger partial charge in [-0.05, 0) is 30.3 Å². The molecule has 0 atom stereocenters. The van der Waals surface area contributed by atoms with Crippen LogP contribution >= 0.6 is 11.3 Å². The highest BCUT2D eigenvalue weighted by atomic mass is 32.1. The lowest BCUT2D eigenvalue weighted by molar-refractivity contribution is 0.0596. The number of thiazole rings is 1. The normalized spacial score (nSPS) is 10.9. The lowest BCUT2D eigenvalue weighted by atomic mass is 10.1. The van der Waals surface area contributed by atoms with Gasteiger partial charge in [0.15, 0.2) is 16.5 Å². The molecule has 2 aromatic carbocycles. The van der Waals surface area contributed by atoms with E-state index < -0.39 is 5.97 Å². The highest BCUT2D eigenvalue weighted by Crippen LogP contribution is 2.34. The summed E-state index contributed by atoms with van der Waals surface area (Å²) in [5.41, 5.74) is 2.72. The second-order valence-electron chi connectivity index (χ2n) is 6.82. The molecule has 1 amide bonds. The average Bonchev–Trinajstić information content (AvgIpc) is 3.58. The summed E-state index contributed by atoms with van der Waals surface area (Å²) in [5, 5.41) is 10.8. The molecule has 0 spiro atoms. The summed E-state index contributed by atoms with van der Waals surface area (Å²) in [6.45, 7) is 0. The van der Waals surface area contributed by atoms with Crippen LogP contribution in [0.15, 0.2) is 71.3 Å². The molecule has 0 unspecified atom stereocenters. The molecule has 3 heterocycles. The molecule has 9 heteroatoms. The maximum absolute atomic E-state index is 13.3. The topological polar surface area (TPSA) is 110 Å². The Balaban J connectivity index is 1.52. The standard InChI is InChI=1S/C23H16N4O4S/c1-30-23(29)19-15-12-14(9-10-16(15)26-27-19)24-21(28)20-18(13-6-3-2-4-7-13)25-22(32-20)17-8-5-11-31-17/h2-12H,1H3,(H,24,28)(H,26,27). The van der Waals surface area contributed by atoms with Crippen LogP contribution in [0.1, 0.15) is 20.2 Å². The number of aromatic nitrogens is 3. The van der Waals surface area contributed by atoms with Crippen molar-refractivity contribution >= 4 is 39.8 Å². The fourth-order valence-electron chi connectivity index (χ4n) is 3.30. The fraction of sp³-hybridized carbons (Fsp3) is 0.0435. The zero-order valence-corrected chi connectivity index (χ0v) is 17.6. The van der Waals surface area contributed by atoms with Crippen LogP contribution in [0.25, 0.3) is 32.9 Å². The Kier molecular flexibility index (Phi) is 5.00. The molecule has 32 heavy (non-hydrogen) atoms. The van der Waals surface area contributed by atoms with Gasteiger partial charge in [-0.25, -0.2) is 9.78 Å². The third-order valence-corrected chi connectivity index (χ3v) is 5.88. The Hall–Kier alpha value is -4.24. The van der Waals surface area contributed by atoms with Crippen molar-refractivity contribution in [3.05, 3.63) is 77.5 Å². The number of H-pyrrole nitrogens is 1. The van der Waals surface area contributed by atoms with Crippen LogP contribution in [0, 0.1) is 0 Å². The monoisotopic (exact) mass is 444 g/mol. The Morgan fingerprint density at radius 3 is 2.69 bits per heavy atom. The number of furan rings is 1. The van der Waals surface area contributed by atoms with Crippen LogP contribution < -0.4 is 5.32 Å². The van der Waals surface area contributed by atoms with Crippen molar-refractivity contribution in [1.82, 2.24) is 15.2 Å². The van der Waals surface area contributed by atoms with Crippen molar-refractivity contribution in [1.29, 1.82) is 0 Å². The number of carbonyl (C=O) groups excluding carboxylic acids is 2. The number of hydrogen-bond acceptors (Lipinski definition) is 7. The molecule has 8 nitrogen and oxygen atoms in total. The van der Waals surface area contributed by atoms with E-state index in [9.17, 15) is 9.59 Å². The van der Waals surface area contributed by atoms with E-state index in [0.717, 1.165) is 5.56 Å². The number of carbonyl (C=O) groups is 2. The number of rotatable bonds is 5. The van der Waals surface area contributed by atoms with Crippen LogP contribution in [0.4, 0.5) is 5.69 Å². The molecule has 0 saturated carbocycles. The predicted molar refractivity (Wildman–Crippen MR) is 121 cm³/mol. The highest BCUT2D eigenvalue weighted by Gasteiger charge is 2.22. The molecule has 2 N–H and O–H groups in total. The lowest BCUT2D eigenvalue weighted by Gasteiger charge is -2.06. The van der Waals surface area contributed by atoms with Crippen molar-refractivity contribution in [3.8, 4) is 22.0 Å². The first-order valence-electron chi connectivity index (χ1n) is 9.62. The number of aromatic amines is 1. The molecule has 158 valence electrons. The van der Waals surface area contributed by atoms with Crippen LogP contribution in [0.5, 0.6) is 0 Å². The fourth-order valence-corrected chi connectivity index (χ4v) is 4.25. The van der Waals surface area contributed by atoms with Gasteiger partial charge in [-0.1, -0.05) is 30.3 Å². The third kappa shape index (κ3) is 3.54. The summed E-state index contributed by atoms with van der Waals surface area (Å²) in [6, 6.07) is 18.2. The number of esters is 1. The summed E-state index contributed by atoms with van der Waals surface area (Å²) in [7, 11) is 1.29. The summed E-state index contributed by atoms with van der Waals surface area (Å²) in [6.07, 6.45) is 1.57. The lowest BCUT2D eigenvalue weighted by Crippen LogP contribution is -2.11. The number of anilines is 1. The largest absolute Gasteiger partial charge is 0.464 e. The SMILES string of the molecule is COC(=O)c1n[nH]c2ccc(NC(=O)c3sc(-c4ccco4)nc3-c3ccccc3)cc12. The van der Waals surface area contributed by atoms with E-state index >= 15 is 0 Å². The van der Waals surface area contributed by atoms with Gasteiger partial charge in [0.05, 0.1) is 24.6 Å². The summed E-state index contributed by atoms with van der Waals surface area (Å²) < 4.78 is 10.2. The number of nitrogens with one attached hydrogen (secondary N) is 2. The molecule has 0 aliphatic rings. The summed E-state index contributed by atoms with van der Waals surface area (Å²) in [4.78, 5) is 30.3. The predicted octanol–water partition coefficient (Wildman–Crippen LogP) is 4.99. The molecule has 0 radical (unpaired) electrons. The Morgan fingerprint density at radius 1 is 1.09 bits per heavy atom. The van der Waals surface area contributed by atoms with Gasteiger partial charge < -0.3 is 14.5 Å². The van der Waals surface area contributed by atoms with Crippen molar-refractivity contribution in [2.24, 2.45) is 0 Å². The quantitative estimate of drug-likeness (QED) is 0.370. The van der Waals surface area contributed by atoms with Gasteiger partial charge in [-0.15, -0.1) is 11.3 Å². The molecule has 0 bridgehead atoms. The molecule has 0 saturated heterocycles. The molecule has 0 fully saturated rings. The first-order valence-corrected chi connectivity index (χ1v) is 10.4. The molecule has 5 aromatic rings. The third-order valence-electron chi connectivity index (χ3n) is 4.81. The number of methoxy groups -OCH3 is 1. The minimum Gasteiger partial charge on any atom is -0.464 e. The zero-order chi connectivity index (χ0) is 22.1. The maximum Gasteiger partial charge on any atom is 0.359 e. The first kappa shape index (κ1) is 19.7. The number of benzene rings is 2. The zero-order valence-electron chi connectivity index (χ0n) is 16.8. The van der Waals surface area contributed by atoms with Crippen molar-refractivity contribution in [2.45, 2.75) is 0 Å². The molecular formula is C23H16N4O4S. The Labute approximate surface area is 185 Å². The van der Waals surface area contributed by atoms with E-state index in [1.807, 2.05) is 30.3 Å². The van der Waals surface area contributed by atoms with Gasteiger partial charge in [0.1, 0.15) is 4.88 Å².